The number of nitrogens with zero attached hydrogens (tertiary/aromatic N) is 3. The predicted molar refractivity (Wildman–Crippen MR) is 60.5 cm³/mol. The third-order valence-corrected chi connectivity index (χ3v) is 3.10. The summed E-state index contributed by atoms with van der Waals surface area (Å²) in [5, 5.41) is 0. The van der Waals surface area contributed by atoms with Gasteiger partial charge in [0.2, 0.25) is 5.91 Å². The van der Waals surface area contributed by atoms with Crippen LogP contribution in [0.25, 0.3) is 0 Å². The maximum atomic E-state index is 12.8. The van der Waals surface area contributed by atoms with Crippen molar-refractivity contribution in [3.05, 3.63) is 18.7 Å². The molecule has 1 saturated heterocycles. The standard InChI is InChI=1S/C10H12BrF2N3O/c11-10(12,13)5-8-1-3-16(9(8)17)7-15-4-2-14-6-15/h2,4,6,8H,1,3,5,7H2. The molecule has 0 bridgehead atoms. The fourth-order valence-corrected chi connectivity index (χ4v) is 2.37. The summed E-state index contributed by atoms with van der Waals surface area (Å²) >= 11 is 2.28. The normalized spacial score (nSPS) is 21.2. The first-order chi connectivity index (χ1) is 7.96. The second kappa shape index (κ2) is 4.72. The zero-order valence-electron chi connectivity index (χ0n) is 9.02. The second-order valence-electron chi connectivity index (χ2n) is 4.12. The minimum Gasteiger partial charge on any atom is -0.324 e. The molecule has 0 radical (unpaired) electrons. The number of halogens is 3. The summed E-state index contributed by atoms with van der Waals surface area (Å²) in [4.78, 5) is 14.3. The van der Waals surface area contributed by atoms with Gasteiger partial charge in [-0.2, -0.15) is 8.78 Å². The van der Waals surface area contributed by atoms with Crippen LogP contribution in [-0.2, 0) is 11.5 Å². The molecule has 1 aliphatic rings. The summed E-state index contributed by atoms with van der Waals surface area (Å²) in [6, 6.07) is 0. The lowest BCUT2D eigenvalue weighted by molar-refractivity contribution is -0.133. The van der Waals surface area contributed by atoms with Gasteiger partial charge in [0.15, 0.2) is 0 Å². The van der Waals surface area contributed by atoms with E-state index in [0.717, 1.165) is 0 Å². The molecule has 1 fully saturated rings. The zero-order chi connectivity index (χ0) is 12.5. The summed E-state index contributed by atoms with van der Waals surface area (Å²) in [6.07, 6.45) is 4.99. The number of carbonyl (C=O) groups is 1. The van der Waals surface area contributed by atoms with Crippen LogP contribution in [0.5, 0.6) is 0 Å². The number of likely N-dealkylation sites (tertiary alicyclic amines) is 1. The van der Waals surface area contributed by atoms with Crippen LogP contribution in [0.1, 0.15) is 12.8 Å². The van der Waals surface area contributed by atoms with Crippen LogP contribution < -0.4 is 0 Å². The molecule has 0 aromatic carbocycles. The highest BCUT2D eigenvalue weighted by atomic mass is 79.9. The van der Waals surface area contributed by atoms with Gasteiger partial charge in [0.25, 0.3) is 0 Å². The van der Waals surface area contributed by atoms with E-state index in [1.165, 1.54) is 0 Å². The first kappa shape index (κ1) is 12.5. The van der Waals surface area contributed by atoms with Crippen LogP contribution in [-0.4, -0.2) is 31.7 Å². The molecule has 4 nitrogen and oxygen atoms in total. The van der Waals surface area contributed by atoms with Crippen molar-refractivity contribution in [2.45, 2.75) is 24.3 Å². The summed E-state index contributed by atoms with van der Waals surface area (Å²) in [5.41, 5.74) is 0. The molecule has 7 heteroatoms. The predicted octanol–water partition coefficient (Wildman–Crippen LogP) is 2.07. The van der Waals surface area contributed by atoms with E-state index < -0.39 is 17.2 Å². The van der Waals surface area contributed by atoms with Gasteiger partial charge in [-0.1, -0.05) is 0 Å². The fraction of sp³-hybridized carbons (Fsp3) is 0.600. The Bertz CT molecular complexity index is 391. The summed E-state index contributed by atoms with van der Waals surface area (Å²) in [6.45, 7) is 0.897. The van der Waals surface area contributed by atoms with Gasteiger partial charge >= 0.3 is 4.83 Å². The van der Waals surface area contributed by atoms with Crippen LogP contribution in [0.15, 0.2) is 18.7 Å². The topological polar surface area (TPSA) is 38.1 Å². The lowest BCUT2D eigenvalue weighted by atomic mass is 10.1. The molecule has 0 aliphatic carbocycles. The Labute approximate surface area is 106 Å². The molecule has 2 heterocycles. The van der Waals surface area contributed by atoms with Crippen molar-refractivity contribution in [2.75, 3.05) is 6.54 Å². The van der Waals surface area contributed by atoms with E-state index in [9.17, 15) is 13.6 Å². The van der Waals surface area contributed by atoms with Crippen LogP contribution >= 0.6 is 15.9 Å². The average molecular weight is 308 g/mol. The van der Waals surface area contributed by atoms with E-state index in [1.54, 1.807) is 28.2 Å². The van der Waals surface area contributed by atoms with Crippen molar-refractivity contribution in [1.82, 2.24) is 14.5 Å². The molecular weight excluding hydrogens is 296 g/mol. The van der Waals surface area contributed by atoms with E-state index in [1.807, 2.05) is 0 Å². The van der Waals surface area contributed by atoms with Gasteiger partial charge in [-0.3, -0.25) is 4.79 Å². The quantitative estimate of drug-likeness (QED) is 0.799. The van der Waals surface area contributed by atoms with Gasteiger partial charge < -0.3 is 9.47 Å². The number of amides is 1. The molecule has 2 rings (SSSR count). The number of rotatable bonds is 4. The number of imidazole rings is 1. The Morgan fingerprint density at radius 2 is 2.35 bits per heavy atom. The van der Waals surface area contributed by atoms with Crippen molar-refractivity contribution in [2.24, 2.45) is 5.92 Å². The van der Waals surface area contributed by atoms with Crippen molar-refractivity contribution in [1.29, 1.82) is 0 Å². The van der Waals surface area contributed by atoms with Crippen LogP contribution in [0, 0.1) is 5.92 Å². The SMILES string of the molecule is O=C1C(CC(F)(F)Br)CCN1Cn1ccnc1. The molecule has 0 saturated carbocycles. The van der Waals surface area contributed by atoms with Gasteiger partial charge in [-0.05, 0) is 22.4 Å². The van der Waals surface area contributed by atoms with Crippen LogP contribution in [0.3, 0.4) is 0 Å². The molecule has 1 unspecified atom stereocenters. The third kappa shape index (κ3) is 3.24. The smallest absolute Gasteiger partial charge is 0.302 e. The van der Waals surface area contributed by atoms with E-state index in [4.69, 9.17) is 0 Å². The van der Waals surface area contributed by atoms with E-state index in [-0.39, 0.29) is 5.91 Å². The first-order valence-electron chi connectivity index (χ1n) is 5.27. The van der Waals surface area contributed by atoms with Crippen molar-refractivity contribution >= 4 is 21.8 Å². The van der Waals surface area contributed by atoms with Crippen LogP contribution in [0.4, 0.5) is 8.78 Å². The first-order valence-corrected chi connectivity index (χ1v) is 6.06. The lowest BCUT2D eigenvalue weighted by Gasteiger charge is -2.18. The molecule has 17 heavy (non-hydrogen) atoms. The molecule has 1 amide bonds. The highest BCUT2D eigenvalue weighted by molar-refractivity contribution is 9.09. The molecule has 94 valence electrons. The van der Waals surface area contributed by atoms with Crippen molar-refractivity contribution in [3.8, 4) is 0 Å². The maximum absolute atomic E-state index is 12.8. The molecule has 0 spiro atoms. The molecule has 1 atom stereocenters. The Balaban J connectivity index is 1.93. The van der Waals surface area contributed by atoms with Crippen molar-refractivity contribution in [3.63, 3.8) is 0 Å². The van der Waals surface area contributed by atoms with E-state index >= 15 is 0 Å². The van der Waals surface area contributed by atoms with Gasteiger partial charge in [0.05, 0.1) is 13.0 Å². The minimum absolute atomic E-state index is 0.210. The largest absolute Gasteiger partial charge is 0.324 e. The molecule has 1 aromatic heterocycles. The van der Waals surface area contributed by atoms with Gasteiger partial charge in [0.1, 0.15) is 0 Å². The molecule has 1 aliphatic heterocycles. The number of aromatic nitrogens is 2. The number of hydrogen-bond acceptors (Lipinski definition) is 2. The minimum atomic E-state index is -2.96. The van der Waals surface area contributed by atoms with Gasteiger partial charge in [-0.15, -0.1) is 0 Å². The zero-order valence-corrected chi connectivity index (χ0v) is 10.6. The van der Waals surface area contributed by atoms with Crippen molar-refractivity contribution < 1.29 is 13.6 Å². The van der Waals surface area contributed by atoms with E-state index in [0.29, 0.717) is 19.6 Å². The molecule has 1 aromatic rings. The highest BCUT2D eigenvalue weighted by Crippen LogP contribution is 2.34. The Hall–Kier alpha value is -0.980. The second-order valence-corrected chi connectivity index (χ2v) is 5.29. The van der Waals surface area contributed by atoms with Crippen LogP contribution in [0.2, 0.25) is 0 Å². The number of alkyl halides is 3. The lowest BCUT2D eigenvalue weighted by Crippen LogP contribution is -2.30. The number of hydrogen-bond donors (Lipinski definition) is 0. The van der Waals surface area contributed by atoms with Gasteiger partial charge in [-0.25, -0.2) is 4.98 Å². The molecular formula is C10H12BrF2N3O. The number of carbonyl (C=O) groups excluding carboxylic acids is 1. The fourth-order valence-electron chi connectivity index (χ4n) is 1.98. The summed E-state index contributed by atoms with van der Waals surface area (Å²) in [5.74, 6) is -0.800. The summed E-state index contributed by atoms with van der Waals surface area (Å²) < 4.78 is 27.3. The summed E-state index contributed by atoms with van der Waals surface area (Å²) in [7, 11) is 0. The Morgan fingerprint density at radius 1 is 1.59 bits per heavy atom. The Kier molecular flexibility index (Phi) is 3.46. The Morgan fingerprint density at radius 3 is 2.94 bits per heavy atom. The average Bonchev–Trinajstić information content (AvgIpc) is 2.81. The monoisotopic (exact) mass is 307 g/mol. The van der Waals surface area contributed by atoms with E-state index in [2.05, 4.69) is 20.9 Å². The van der Waals surface area contributed by atoms with Gasteiger partial charge in [0, 0.05) is 31.3 Å². The molecule has 0 N–H and O–H groups in total. The maximum Gasteiger partial charge on any atom is 0.302 e. The third-order valence-electron chi connectivity index (χ3n) is 2.78. The highest BCUT2D eigenvalue weighted by Gasteiger charge is 2.38.